The third-order valence-electron chi connectivity index (χ3n) is 11.5. The number of unbranched alkanes of at least 4 members (excludes halogenated alkanes) is 3. The van der Waals surface area contributed by atoms with E-state index in [4.69, 9.17) is 21.8 Å². The first-order valence-corrected chi connectivity index (χ1v) is 23.7. The van der Waals surface area contributed by atoms with E-state index in [1.165, 1.54) is 82.6 Å². The van der Waals surface area contributed by atoms with Gasteiger partial charge in [-0.1, -0.05) is 104 Å². The summed E-state index contributed by atoms with van der Waals surface area (Å²) in [6.07, 6.45) is 17.1. The van der Waals surface area contributed by atoms with E-state index in [-0.39, 0.29) is 25.9 Å². The summed E-state index contributed by atoms with van der Waals surface area (Å²) in [5.41, 5.74) is 3.84. The third-order valence-corrected chi connectivity index (χ3v) is 11.5. The number of halogens is 2. The molecule has 7 unspecified atom stereocenters. The van der Waals surface area contributed by atoms with Gasteiger partial charge >= 0.3 is 37.9 Å². The van der Waals surface area contributed by atoms with Gasteiger partial charge in [-0.2, -0.15) is 0 Å². The normalized spacial score (nSPS) is 28.6. The zero-order valence-electron chi connectivity index (χ0n) is 30.7. The minimum absolute atomic E-state index is 0. The molecule has 3 saturated carbocycles. The molecule has 3 aliphatic rings. The second-order valence-corrected chi connectivity index (χ2v) is 20.6. The number of fused-ring (bicyclic) bond motifs is 1. The standard InChI is InChI=1S/C38H64O.2CH3.2ClH.Zr/c1-27-25-34-32(29-19-22-30(23-20-29)36(2,3)4)16-14-17-33(34)35(27)38(8,9)31-21-18-28(26-31)15-12-10-11-13-24-39-37(5,6)7;;;;;/h19-20,22-23,27-28,31-35H,10-18,21,24-26H2,1-9H3;2*1H3;2*1H;/q;2*-1;;;+4/p-2. The Balaban J connectivity index is 0.00000186. The van der Waals surface area contributed by atoms with E-state index in [0.29, 0.717) is 5.41 Å². The van der Waals surface area contributed by atoms with Crippen LogP contribution in [0.4, 0.5) is 0 Å². The molecule has 1 aromatic rings. The van der Waals surface area contributed by atoms with Crippen molar-refractivity contribution in [1.82, 2.24) is 0 Å². The predicted octanol–water partition coefficient (Wildman–Crippen LogP) is 13.6. The Hall–Kier alpha value is 0.643. The van der Waals surface area contributed by atoms with Crippen molar-refractivity contribution in [2.24, 2.45) is 40.9 Å². The van der Waals surface area contributed by atoms with Gasteiger partial charge in [0.2, 0.25) is 0 Å². The second kappa shape index (κ2) is 19.0. The topological polar surface area (TPSA) is 9.23 Å². The maximum atomic E-state index is 5.90. The molecular weight excluding hydrogens is 659 g/mol. The van der Waals surface area contributed by atoms with Gasteiger partial charge in [-0.05, 0) is 123 Å². The van der Waals surface area contributed by atoms with Crippen LogP contribution in [-0.4, -0.2) is 12.2 Å². The fourth-order valence-corrected chi connectivity index (χ4v) is 9.56. The zero-order chi connectivity index (χ0) is 31.1. The van der Waals surface area contributed by atoms with Crippen LogP contribution in [0, 0.1) is 55.8 Å². The van der Waals surface area contributed by atoms with E-state index in [9.17, 15) is 0 Å². The summed E-state index contributed by atoms with van der Waals surface area (Å²) < 4.78 is 5.90. The summed E-state index contributed by atoms with van der Waals surface area (Å²) in [4.78, 5) is 0. The Morgan fingerprint density at radius 1 is 0.773 bits per heavy atom. The molecule has 44 heavy (non-hydrogen) atoms. The average molecular weight is 729 g/mol. The van der Waals surface area contributed by atoms with Gasteiger partial charge in [-0.25, -0.2) is 0 Å². The first kappa shape index (κ1) is 42.7. The van der Waals surface area contributed by atoms with Crippen molar-refractivity contribution in [1.29, 1.82) is 0 Å². The Kier molecular flexibility index (Phi) is 18.4. The van der Waals surface area contributed by atoms with Gasteiger partial charge in [0.15, 0.2) is 0 Å². The van der Waals surface area contributed by atoms with Gasteiger partial charge in [0.1, 0.15) is 0 Å². The van der Waals surface area contributed by atoms with Crippen LogP contribution in [0.1, 0.15) is 156 Å². The van der Waals surface area contributed by atoms with Crippen LogP contribution in [0.15, 0.2) is 24.3 Å². The Morgan fingerprint density at radius 2 is 1.39 bits per heavy atom. The summed E-state index contributed by atoms with van der Waals surface area (Å²) in [6.45, 7) is 22.4. The van der Waals surface area contributed by atoms with Crippen LogP contribution in [-0.2, 0) is 31.0 Å². The molecule has 7 atom stereocenters. The van der Waals surface area contributed by atoms with Crippen molar-refractivity contribution in [2.45, 2.75) is 156 Å². The summed E-state index contributed by atoms with van der Waals surface area (Å²) >= 11 is -0.826. The number of rotatable bonds is 10. The van der Waals surface area contributed by atoms with Gasteiger partial charge in [0.05, 0.1) is 5.60 Å². The number of hydrogen-bond acceptors (Lipinski definition) is 1. The van der Waals surface area contributed by atoms with Crippen molar-refractivity contribution in [3.8, 4) is 0 Å². The average Bonchev–Trinajstić information content (AvgIpc) is 3.52. The van der Waals surface area contributed by atoms with Gasteiger partial charge in [-0.15, -0.1) is 0 Å². The second-order valence-electron chi connectivity index (χ2n) is 16.9. The Morgan fingerprint density at radius 3 is 1.98 bits per heavy atom. The van der Waals surface area contributed by atoms with Crippen LogP contribution in [0.3, 0.4) is 0 Å². The van der Waals surface area contributed by atoms with Crippen LogP contribution >= 0.6 is 17.0 Å². The van der Waals surface area contributed by atoms with Crippen molar-refractivity contribution in [3.05, 3.63) is 50.2 Å². The minimum atomic E-state index is -0.826. The molecule has 3 aliphatic carbocycles. The molecule has 1 nitrogen and oxygen atoms in total. The molecule has 0 bridgehead atoms. The molecule has 3 fully saturated rings. The molecule has 0 saturated heterocycles. The number of hydrogen-bond donors (Lipinski definition) is 0. The van der Waals surface area contributed by atoms with Gasteiger partial charge in [-0.3, -0.25) is 0 Å². The molecule has 0 spiro atoms. The zero-order valence-corrected chi connectivity index (χ0v) is 34.7. The van der Waals surface area contributed by atoms with Crippen LogP contribution in [0.5, 0.6) is 0 Å². The molecule has 0 N–H and O–H groups in total. The SMILES string of the molecule is CC1CC2C(c3ccc(C(C)(C)C)cc3)CCCC2C1C(C)(C)C1CCC(CCCCCCOC(C)(C)C)C1.[CH3-].[CH3-].[Cl][Zr+2][Cl]. The van der Waals surface area contributed by atoms with E-state index in [2.05, 4.69) is 86.6 Å². The molecule has 0 heterocycles. The predicted molar refractivity (Wildman–Crippen MR) is 194 cm³/mol. The quantitative estimate of drug-likeness (QED) is 0.172. The first-order chi connectivity index (χ1) is 19.7. The molecular formula is C40H70Cl2OZr. The summed E-state index contributed by atoms with van der Waals surface area (Å²) in [5, 5.41) is 0. The van der Waals surface area contributed by atoms with E-state index in [1.807, 2.05) is 0 Å². The van der Waals surface area contributed by atoms with Gasteiger partial charge < -0.3 is 19.6 Å². The van der Waals surface area contributed by atoms with Crippen molar-refractivity contribution in [2.75, 3.05) is 6.61 Å². The summed E-state index contributed by atoms with van der Waals surface area (Å²) in [6, 6.07) is 9.85. The fourth-order valence-electron chi connectivity index (χ4n) is 9.56. The summed E-state index contributed by atoms with van der Waals surface area (Å²) in [5.74, 6) is 6.31. The molecule has 0 radical (unpaired) electrons. The van der Waals surface area contributed by atoms with Gasteiger partial charge in [0.25, 0.3) is 0 Å². The fraction of sp³-hybridized carbons (Fsp3) is 0.800. The Labute approximate surface area is 294 Å². The van der Waals surface area contributed by atoms with E-state index < -0.39 is 20.8 Å². The van der Waals surface area contributed by atoms with Crippen LogP contribution in [0.25, 0.3) is 0 Å². The molecule has 254 valence electrons. The molecule has 0 aliphatic heterocycles. The van der Waals surface area contributed by atoms with E-state index in [1.54, 1.807) is 5.56 Å². The van der Waals surface area contributed by atoms with Crippen molar-refractivity contribution < 1.29 is 25.6 Å². The molecule has 4 rings (SSSR count). The Bertz CT molecular complexity index is 915. The van der Waals surface area contributed by atoms with Gasteiger partial charge in [0, 0.05) is 6.61 Å². The number of benzene rings is 1. The molecule has 4 heteroatoms. The van der Waals surface area contributed by atoms with Crippen LogP contribution in [0.2, 0.25) is 0 Å². The third kappa shape index (κ3) is 12.0. The maximum absolute atomic E-state index is 5.90. The monoisotopic (exact) mass is 726 g/mol. The van der Waals surface area contributed by atoms with E-state index >= 15 is 0 Å². The summed E-state index contributed by atoms with van der Waals surface area (Å²) in [7, 11) is 9.87. The first-order valence-electron chi connectivity index (χ1n) is 17.4. The number of ether oxygens (including phenoxy) is 1. The van der Waals surface area contributed by atoms with Crippen molar-refractivity contribution in [3.63, 3.8) is 0 Å². The van der Waals surface area contributed by atoms with Crippen molar-refractivity contribution >= 4 is 17.0 Å². The molecule has 0 aromatic heterocycles. The van der Waals surface area contributed by atoms with E-state index in [0.717, 1.165) is 48.0 Å². The van der Waals surface area contributed by atoms with Crippen LogP contribution < -0.4 is 0 Å². The molecule has 0 amide bonds. The molecule has 1 aromatic carbocycles.